The van der Waals surface area contributed by atoms with Gasteiger partial charge in [0.15, 0.2) is 0 Å². The van der Waals surface area contributed by atoms with Crippen LogP contribution in [0.5, 0.6) is 0 Å². The van der Waals surface area contributed by atoms with E-state index in [1.165, 1.54) is 38.5 Å². The lowest BCUT2D eigenvalue weighted by Gasteiger charge is -2.21. The minimum absolute atomic E-state index is 0.410. The maximum atomic E-state index is 5.43. The largest absolute Gasteiger partial charge is 0.353 e. The number of hydrogen-bond acceptors (Lipinski definition) is 2. The Morgan fingerprint density at radius 2 is 2.07 bits per heavy atom. The fourth-order valence-corrected chi connectivity index (χ4v) is 2.21. The molecule has 0 atom stereocenters. The van der Waals surface area contributed by atoms with Crippen LogP contribution in [0.3, 0.4) is 0 Å². The monoisotopic (exact) mass is 210 g/mol. The van der Waals surface area contributed by atoms with Gasteiger partial charge in [0.25, 0.3) is 0 Å². The number of aliphatic imine (C=N–C) groups is 1. The van der Waals surface area contributed by atoms with Crippen LogP contribution >= 0.6 is 0 Å². The molecule has 2 aliphatic rings. The first-order valence-electron chi connectivity index (χ1n) is 5.99. The lowest BCUT2D eigenvalue weighted by Crippen LogP contribution is -2.43. The summed E-state index contributed by atoms with van der Waals surface area (Å²) < 4.78 is 0. The molecule has 2 aliphatic carbocycles. The molecule has 0 unspecified atom stereocenters. The second kappa shape index (κ2) is 4.39. The quantitative estimate of drug-likeness (QED) is 0.283. The van der Waals surface area contributed by atoms with Crippen LogP contribution in [0, 0.1) is 5.41 Å². The van der Waals surface area contributed by atoms with Crippen LogP contribution in [-0.4, -0.2) is 18.5 Å². The van der Waals surface area contributed by atoms with Crippen molar-refractivity contribution in [3.8, 4) is 0 Å². The first-order chi connectivity index (χ1) is 7.22. The van der Waals surface area contributed by atoms with E-state index < -0.39 is 0 Å². The van der Waals surface area contributed by atoms with E-state index >= 15 is 0 Å². The molecule has 4 nitrogen and oxygen atoms in total. The van der Waals surface area contributed by atoms with E-state index in [0.29, 0.717) is 11.5 Å². The molecule has 0 spiro atoms. The van der Waals surface area contributed by atoms with Gasteiger partial charge in [-0.1, -0.05) is 19.8 Å². The highest BCUT2D eigenvalue weighted by Crippen LogP contribution is 2.37. The number of rotatable bonds is 3. The summed E-state index contributed by atoms with van der Waals surface area (Å²) in [6, 6.07) is 0.608. The highest BCUT2D eigenvalue weighted by atomic mass is 15.3. The van der Waals surface area contributed by atoms with Gasteiger partial charge in [-0.2, -0.15) is 0 Å². The molecule has 4 N–H and O–H groups in total. The maximum absolute atomic E-state index is 5.43. The van der Waals surface area contributed by atoms with Crippen molar-refractivity contribution < 1.29 is 0 Å². The van der Waals surface area contributed by atoms with Gasteiger partial charge in [0, 0.05) is 12.6 Å². The summed E-state index contributed by atoms with van der Waals surface area (Å²) in [6.45, 7) is 3.22. The van der Waals surface area contributed by atoms with E-state index in [0.717, 1.165) is 12.5 Å². The Morgan fingerprint density at radius 1 is 1.40 bits per heavy atom. The molecule has 0 aliphatic heterocycles. The fraction of sp³-hybridized carbons (Fsp3) is 0.909. The molecule has 86 valence electrons. The third kappa shape index (κ3) is 3.09. The van der Waals surface area contributed by atoms with Gasteiger partial charge in [0.2, 0.25) is 5.96 Å². The number of nitrogens with one attached hydrogen (secondary N) is 2. The van der Waals surface area contributed by atoms with Gasteiger partial charge >= 0.3 is 0 Å². The van der Waals surface area contributed by atoms with Crippen molar-refractivity contribution in [2.45, 2.75) is 51.5 Å². The molecule has 0 radical (unpaired) electrons. The fourth-order valence-electron chi connectivity index (χ4n) is 2.21. The number of hydrazine groups is 1. The van der Waals surface area contributed by atoms with Crippen LogP contribution in [-0.2, 0) is 0 Å². The Morgan fingerprint density at radius 3 is 2.60 bits per heavy atom. The van der Waals surface area contributed by atoms with E-state index in [1.807, 2.05) is 0 Å². The van der Waals surface area contributed by atoms with E-state index in [4.69, 9.17) is 5.84 Å². The molecule has 2 saturated carbocycles. The van der Waals surface area contributed by atoms with Gasteiger partial charge in [-0.25, -0.2) is 5.84 Å². The second-order valence-electron chi connectivity index (χ2n) is 5.25. The molecule has 0 saturated heterocycles. The molecule has 4 heteroatoms. The maximum Gasteiger partial charge on any atom is 0.205 e. The van der Waals surface area contributed by atoms with Crippen molar-refractivity contribution in [2.24, 2.45) is 16.3 Å². The smallest absolute Gasteiger partial charge is 0.205 e. The molecular weight excluding hydrogens is 188 g/mol. The van der Waals surface area contributed by atoms with Crippen molar-refractivity contribution in [1.29, 1.82) is 0 Å². The summed E-state index contributed by atoms with van der Waals surface area (Å²) in [5, 5.41) is 3.30. The summed E-state index contributed by atoms with van der Waals surface area (Å²) >= 11 is 0. The number of hydrogen-bond donors (Lipinski definition) is 3. The van der Waals surface area contributed by atoms with Gasteiger partial charge in [-0.05, 0) is 31.1 Å². The molecule has 0 aromatic carbocycles. The number of nitrogens with zero attached hydrogens (tertiary/aromatic N) is 1. The Balaban J connectivity index is 1.83. The van der Waals surface area contributed by atoms with Crippen LogP contribution in [0.25, 0.3) is 0 Å². The van der Waals surface area contributed by atoms with Gasteiger partial charge in [-0.15, -0.1) is 0 Å². The van der Waals surface area contributed by atoms with E-state index in [-0.39, 0.29) is 0 Å². The SMILES string of the molecule is CC1(CN=C(NN)NC2CC2)CCCC1. The van der Waals surface area contributed by atoms with Crippen LogP contribution in [0.1, 0.15) is 45.4 Å². The molecule has 2 rings (SSSR count). The van der Waals surface area contributed by atoms with Crippen molar-refractivity contribution in [3.63, 3.8) is 0 Å². The van der Waals surface area contributed by atoms with Crippen LogP contribution in [0.2, 0.25) is 0 Å². The molecule has 0 heterocycles. The Bertz CT molecular complexity index is 239. The topological polar surface area (TPSA) is 62.4 Å². The van der Waals surface area contributed by atoms with Crippen LogP contribution in [0.4, 0.5) is 0 Å². The molecule has 0 aromatic heterocycles. The Hall–Kier alpha value is -0.770. The van der Waals surface area contributed by atoms with Gasteiger partial charge in [0.1, 0.15) is 0 Å². The summed E-state index contributed by atoms with van der Waals surface area (Å²) in [5.74, 6) is 6.20. The van der Waals surface area contributed by atoms with E-state index in [2.05, 4.69) is 22.7 Å². The summed E-state index contributed by atoms with van der Waals surface area (Å²) in [5.41, 5.74) is 3.06. The number of guanidine groups is 1. The summed E-state index contributed by atoms with van der Waals surface area (Å²) in [7, 11) is 0. The zero-order valence-electron chi connectivity index (χ0n) is 9.55. The third-order valence-corrected chi connectivity index (χ3v) is 3.48. The minimum atomic E-state index is 0.410. The first kappa shape index (κ1) is 10.7. The predicted molar refractivity (Wildman–Crippen MR) is 62.4 cm³/mol. The second-order valence-corrected chi connectivity index (χ2v) is 5.25. The molecule has 0 amide bonds. The average Bonchev–Trinajstić information content (AvgIpc) is 2.95. The highest BCUT2D eigenvalue weighted by Gasteiger charge is 2.28. The van der Waals surface area contributed by atoms with Crippen molar-refractivity contribution in [2.75, 3.05) is 6.54 Å². The zero-order chi connectivity index (χ0) is 10.7. The lowest BCUT2D eigenvalue weighted by molar-refractivity contribution is 0.350. The highest BCUT2D eigenvalue weighted by molar-refractivity contribution is 5.79. The van der Waals surface area contributed by atoms with Gasteiger partial charge in [-0.3, -0.25) is 10.4 Å². The van der Waals surface area contributed by atoms with Crippen LogP contribution < -0.4 is 16.6 Å². The molecule has 15 heavy (non-hydrogen) atoms. The number of nitrogens with two attached hydrogens (primary N) is 1. The van der Waals surface area contributed by atoms with Crippen molar-refractivity contribution >= 4 is 5.96 Å². The van der Waals surface area contributed by atoms with Crippen LogP contribution in [0.15, 0.2) is 4.99 Å². The van der Waals surface area contributed by atoms with E-state index in [1.54, 1.807) is 0 Å². The van der Waals surface area contributed by atoms with Crippen molar-refractivity contribution in [1.82, 2.24) is 10.7 Å². The summed E-state index contributed by atoms with van der Waals surface area (Å²) in [6.07, 6.45) is 7.81. The predicted octanol–water partition coefficient (Wildman–Crippen LogP) is 1.14. The lowest BCUT2D eigenvalue weighted by atomic mass is 9.89. The minimum Gasteiger partial charge on any atom is -0.353 e. The first-order valence-corrected chi connectivity index (χ1v) is 5.99. The average molecular weight is 210 g/mol. The normalized spacial score (nSPS) is 25.3. The molecule has 0 aromatic rings. The van der Waals surface area contributed by atoms with Crippen molar-refractivity contribution in [3.05, 3.63) is 0 Å². The zero-order valence-corrected chi connectivity index (χ0v) is 9.55. The Labute approximate surface area is 91.7 Å². The Kier molecular flexibility index (Phi) is 3.14. The standard InChI is InChI=1S/C11H22N4/c1-11(6-2-3-7-11)8-13-10(15-12)14-9-4-5-9/h9H,2-8,12H2,1H3,(H2,13,14,15). The third-order valence-electron chi connectivity index (χ3n) is 3.48. The molecule has 2 fully saturated rings. The van der Waals surface area contributed by atoms with Gasteiger partial charge < -0.3 is 5.32 Å². The molecular formula is C11H22N4. The summed E-state index contributed by atoms with van der Waals surface area (Å²) in [4.78, 5) is 4.55. The molecule has 0 bridgehead atoms. The van der Waals surface area contributed by atoms with E-state index in [9.17, 15) is 0 Å². The van der Waals surface area contributed by atoms with Gasteiger partial charge in [0.05, 0.1) is 0 Å².